The van der Waals surface area contributed by atoms with Gasteiger partial charge in [-0.15, -0.1) is 0 Å². The maximum absolute atomic E-state index is 13.8. The number of fused-ring (bicyclic) bond motifs is 2. The number of hydrogen-bond acceptors (Lipinski definition) is 8. The molecule has 3 fully saturated rings. The van der Waals surface area contributed by atoms with E-state index in [9.17, 15) is 28.8 Å². The van der Waals surface area contributed by atoms with Gasteiger partial charge < -0.3 is 29.9 Å². The molecule has 0 aromatic heterocycles. The van der Waals surface area contributed by atoms with Gasteiger partial charge in [-0.2, -0.15) is 0 Å². The highest BCUT2D eigenvalue weighted by atomic mass is 16.5. The lowest BCUT2D eigenvalue weighted by molar-refractivity contribution is -0.140. The number of carbonyl (C=O) groups excluding carboxylic acids is 6. The fraction of sp³-hybridized carbons (Fsp3) is 0.529. The molecule has 2 aliphatic carbocycles. The number of nitrogens with zero attached hydrogens (tertiary/aromatic N) is 2. The van der Waals surface area contributed by atoms with Crippen molar-refractivity contribution in [2.75, 3.05) is 27.3 Å². The van der Waals surface area contributed by atoms with Gasteiger partial charge >= 0.3 is 12.2 Å². The van der Waals surface area contributed by atoms with Crippen LogP contribution in [0.3, 0.4) is 0 Å². The van der Waals surface area contributed by atoms with Crippen LogP contribution in [-0.2, 0) is 53.3 Å². The van der Waals surface area contributed by atoms with Gasteiger partial charge in [0.25, 0.3) is 0 Å². The molecule has 336 valence electrons. The minimum absolute atomic E-state index is 0.000105. The summed E-state index contributed by atoms with van der Waals surface area (Å²) in [4.78, 5) is 81.9. The zero-order valence-corrected chi connectivity index (χ0v) is 37.8. The number of likely N-dealkylation sites (tertiary alicyclic amines) is 2. The molecule has 2 aliphatic heterocycles. The standard InChI is InChI=1S/C51H64N4O8/c1-31(2)45(52-49(60)62-5)47(58)54-27-9-11-40(54)42(56)29-33-13-17-35(18-14-33)37-21-22-38(44-39(37)23-26-51(44)24-7-8-25-51)36-19-15-34(16-20-36)30-43(57)41-12-10-28-55(41)48(59)46(32(3)4)53-50(61)63-6/h13-22,31-32,40-41,45-46H,7-12,23-30H2,1-6H3,(H,52,60)(H,53,61)/t40-,41-,45-,46-/m0/s1. The number of amides is 4. The number of ether oxygens (including phenoxy) is 2. The zero-order valence-electron chi connectivity index (χ0n) is 37.8. The van der Waals surface area contributed by atoms with Crippen LogP contribution in [0.2, 0.25) is 0 Å². The first kappa shape index (κ1) is 45.5. The topological polar surface area (TPSA) is 151 Å². The molecule has 12 heteroatoms. The van der Waals surface area contributed by atoms with Gasteiger partial charge in [-0.3, -0.25) is 19.2 Å². The number of benzene rings is 3. The Kier molecular flexibility index (Phi) is 14.1. The van der Waals surface area contributed by atoms with Gasteiger partial charge in [-0.25, -0.2) is 9.59 Å². The number of Topliss-reactive ketones (excluding diaryl/α,β-unsaturated/α-hetero) is 2. The van der Waals surface area contributed by atoms with Crippen LogP contribution in [0.4, 0.5) is 9.59 Å². The third kappa shape index (κ3) is 9.55. The second-order valence-electron chi connectivity index (χ2n) is 18.8. The van der Waals surface area contributed by atoms with Crippen LogP contribution >= 0.6 is 0 Å². The Bertz CT molecular complexity index is 2190. The van der Waals surface area contributed by atoms with Gasteiger partial charge in [0.05, 0.1) is 26.3 Å². The predicted molar refractivity (Wildman–Crippen MR) is 241 cm³/mol. The number of hydrogen-bond donors (Lipinski definition) is 2. The summed E-state index contributed by atoms with van der Waals surface area (Å²) in [5.74, 6) is -0.835. The minimum atomic E-state index is -0.770. The van der Waals surface area contributed by atoms with Gasteiger partial charge in [-0.05, 0) is 113 Å². The second kappa shape index (κ2) is 19.5. The maximum atomic E-state index is 13.8. The van der Waals surface area contributed by atoms with Crippen molar-refractivity contribution in [1.29, 1.82) is 0 Å². The van der Waals surface area contributed by atoms with E-state index in [4.69, 9.17) is 9.47 Å². The molecule has 7 rings (SSSR count). The van der Waals surface area contributed by atoms with E-state index in [2.05, 4.69) is 47.0 Å². The lowest BCUT2D eigenvalue weighted by Gasteiger charge is -2.30. The lowest BCUT2D eigenvalue weighted by atomic mass is 9.76. The molecule has 2 heterocycles. The Morgan fingerprint density at radius 2 is 1.03 bits per heavy atom. The van der Waals surface area contributed by atoms with E-state index in [1.54, 1.807) is 9.80 Å². The number of alkyl carbamates (subject to hydrolysis) is 2. The van der Waals surface area contributed by atoms with Crippen LogP contribution < -0.4 is 10.6 Å². The molecule has 1 spiro atoms. The van der Waals surface area contributed by atoms with Crippen LogP contribution in [0, 0.1) is 11.8 Å². The molecular weight excluding hydrogens is 797 g/mol. The van der Waals surface area contributed by atoms with E-state index in [1.807, 2.05) is 52.0 Å². The molecule has 0 unspecified atom stereocenters. The van der Waals surface area contributed by atoms with E-state index in [-0.39, 0.29) is 53.5 Å². The van der Waals surface area contributed by atoms with Gasteiger partial charge in [0.2, 0.25) is 11.8 Å². The summed E-state index contributed by atoms with van der Waals surface area (Å²) in [5.41, 5.74) is 9.50. The van der Waals surface area contributed by atoms with Crippen molar-refractivity contribution >= 4 is 35.6 Å². The summed E-state index contributed by atoms with van der Waals surface area (Å²) in [7, 11) is 2.54. The molecule has 4 amide bonds. The van der Waals surface area contributed by atoms with Crippen LogP contribution in [-0.4, -0.2) is 96.8 Å². The van der Waals surface area contributed by atoms with Gasteiger partial charge in [0.15, 0.2) is 11.6 Å². The SMILES string of the molecule is COC(=O)N[C@H](C(=O)N1CCC[C@H]1C(=O)Cc1ccc(-c2ccc(-c3ccc(CC(=O)[C@@H]4CCCN4C(=O)[C@@H](NC(=O)OC)C(C)C)cc3)c3c2CCC32CCCC2)cc1)C(C)C. The third-order valence-corrected chi connectivity index (χ3v) is 14.1. The molecule has 3 aromatic carbocycles. The molecule has 1 saturated carbocycles. The van der Waals surface area contributed by atoms with Crippen molar-refractivity contribution in [3.8, 4) is 22.3 Å². The molecule has 63 heavy (non-hydrogen) atoms. The number of methoxy groups -OCH3 is 2. The first-order chi connectivity index (χ1) is 30.2. The summed E-state index contributed by atoms with van der Waals surface area (Å²) in [5, 5.41) is 5.31. The average molecular weight is 861 g/mol. The van der Waals surface area contributed by atoms with E-state index in [0.29, 0.717) is 25.9 Å². The van der Waals surface area contributed by atoms with Crippen LogP contribution in [0.15, 0.2) is 60.7 Å². The number of carbonyl (C=O) groups is 6. The normalized spacial score (nSPS) is 19.9. The molecule has 3 aromatic rings. The van der Waals surface area contributed by atoms with Crippen molar-refractivity contribution in [3.63, 3.8) is 0 Å². The van der Waals surface area contributed by atoms with E-state index in [1.165, 1.54) is 62.2 Å². The summed E-state index contributed by atoms with van der Waals surface area (Å²) < 4.78 is 9.51. The molecule has 4 atom stereocenters. The molecule has 2 N–H and O–H groups in total. The molecule has 12 nitrogen and oxygen atoms in total. The highest BCUT2D eigenvalue weighted by molar-refractivity contribution is 5.95. The van der Waals surface area contributed by atoms with Crippen LogP contribution in [0.5, 0.6) is 0 Å². The highest BCUT2D eigenvalue weighted by Gasteiger charge is 2.44. The molecule has 2 saturated heterocycles. The summed E-state index contributed by atoms with van der Waals surface area (Å²) in [6.07, 6.45) is 8.68. The third-order valence-electron chi connectivity index (χ3n) is 14.1. The first-order valence-corrected chi connectivity index (χ1v) is 23.0. The lowest BCUT2D eigenvalue weighted by Crippen LogP contribution is -2.53. The smallest absolute Gasteiger partial charge is 0.407 e. The van der Waals surface area contributed by atoms with Crippen molar-refractivity contribution < 1.29 is 38.2 Å². The Balaban J connectivity index is 1.06. The number of ketones is 2. The quantitative estimate of drug-likeness (QED) is 0.167. The minimum Gasteiger partial charge on any atom is -0.453 e. The van der Waals surface area contributed by atoms with Gasteiger partial charge in [0, 0.05) is 25.9 Å². The van der Waals surface area contributed by atoms with Gasteiger partial charge in [-0.1, -0.05) is 101 Å². The fourth-order valence-corrected chi connectivity index (χ4v) is 10.8. The largest absolute Gasteiger partial charge is 0.453 e. The first-order valence-electron chi connectivity index (χ1n) is 23.0. The Labute approximate surface area is 371 Å². The van der Waals surface area contributed by atoms with E-state index in [0.717, 1.165) is 47.9 Å². The Morgan fingerprint density at radius 1 is 0.603 bits per heavy atom. The van der Waals surface area contributed by atoms with E-state index >= 15 is 0 Å². The molecule has 0 radical (unpaired) electrons. The summed E-state index contributed by atoms with van der Waals surface area (Å²) >= 11 is 0. The summed E-state index contributed by atoms with van der Waals surface area (Å²) in [6, 6.07) is 18.6. The van der Waals surface area contributed by atoms with Crippen LogP contribution in [0.25, 0.3) is 22.3 Å². The predicted octanol–water partition coefficient (Wildman–Crippen LogP) is 7.75. The zero-order chi connectivity index (χ0) is 45.0. The number of nitrogens with one attached hydrogen (secondary N) is 2. The molecule has 4 aliphatic rings. The van der Waals surface area contributed by atoms with Crippen molar-refractivity contribution in [2.45, 2.75) is 134 Å². The highest BCUT2D eigenvalue weighted by Crippen LogP contribution is 2.55. The fourth-order valence-electron chi connectivity index (χ4n) is 10.8. The van der Waals surface area contributed by atoms with Crippen LogP contribution in [0.1, 0.15) is 108 Å². The Hall–Kier alpha value is -5.52. The second-order valence-corrected chi connectivity index (χ2v) is 18.8. The molecular formula is C51H64N4O8. The van der Waals surface area contributed by atoms with Gasteiger partial charge in [0.1, 0.15) is 12.1 Å². The average Bonchev–Trinajstić information content (AvgIpc) is 4.13. The number of rotatable bonds is 14. The Morgan fingerprint density at radius 3 is 1.46 bits per heavy atom. The summed E-state index contributed by atoms with van der Waals surface area (Å²) in [6.45, 7) is 8.42. The molecule has 0 bridgehead atoms. The van der Waals surface area contributed by atoms with Crippen molar-refractivity contribution in [2.24, 2.45) is 11.8 Å². The van der Waals surface area contributed by atoms with E-state index < -0.39 is 36.4 Å². The monoisotopic (exact) mass is 860 g/mol. The van der Waals surface area contributed by atoms with Crippen molar-refractivity contribution in [1.82, 2.24) is 20.4 Å². The maximum Gasteiger partial charge on any atom is 0.407 e. The van der Waals surface area contributed by atoms with Crippen molar-refractivity contribution in [3.05, 3.63) is 82.9 Å².